The summed E-state index contributed by atoms with van der Waals surface area (Å²) < 4.78 is 51.6. The Morgan fingerprint density at radius 3 is 2.67 bits per heavy atom. The van der Waals surface area contributed by atoms with Gasteiger partial charge >= 0.3 is 6.36 Å². The van der Waals surface area contributed by atoms with E-state index >= 15 is 0 Å². The van der Waals surface area contributed by atoms with Crippen molar-refractivity contribution < 1.29 is 22.3 Å². The maximum atomic E-state index is 12.5. The Hall–Kier alpha value is -1.84. The first-order chi connectivity index (χ1) is 6.92. The number of aromatic nitrogens is 1. The van der Waals surface area contributed by atoms with Crippen molar-refractivity contribution in [2.45, 2.75) is 12.8 Å². The predicted octanol–water partition coefficient (Wildman–Crippen LogP) is 2.19. The monoisotopic (exact) mass is 220 g/mol. The standard InChI is InChI=1S/C8H4F4N2O/c9-7-3-6(15-8(10,11)12)5(1-2-13)4-14-7/h3-4H,1H2. The third-order valence-corrected chi connectivity index (χ3v) is 1.41. The van der Waals surface area contributed by atoms with Crippen molar-refractivity contribution in [3.8, 4) is 11.8 Å². The summed E-state index contributed by atoms with van der Waals surface area (Å²) in [5.41, 5.74) is -0.115. The van der Waals surface area contributed by atoms with Crippen molar-refractivity contribution in [2.75, 3.05) is 0 Å². The molecule has 1 rings (SSSR count). The summed E-state index contributed by atoms with van der Waals surface area (Å²) in [5, 5.41) is 8.30. The number of halogens is 4. The van der Waals surface area contributed by atoms with Crippen LogP contribution in [0, 0.1) is 17.3 Å². The first-order valence-corrected chi connectivity index (χ1v) is 3.69. The van der Waals surface area contributed by atoms with Gasteiger partial charge in [-0.25, -0.2) is 4.98 Å². The van der Waals surface area contributed by atoms with Crippen LogP contribution in [0.3, 0.4) is 0 Å². The lowest BCUT2D eigenvalue weighted by Gasteiger charge is -2.11. The van der Waals surface area contributed by atoms with Gasteiger partial charge in [-0.3, -0.25) is 0 Å². The van der Waals surface area contributed by atoms with Crippen molar-refractivity contribution in [1.29, 1.82) is 5.26 Å². The first kappa shape index (κ1) is 11.2. The Morgan fingerprint density at radius 2 is 2.13 bits per heavy atom. The zero-order chi connectivity index (χ0) is 11.5. The topological polar surface area (TPSA) is 45.9 Å². The fraction of sp³-hybridized carbons (Fsp3) is 0.250. The molecule has 0 fully saturated rings. The highest BCUT2D eigenvalue weighted by molar-refractivity contribution is 5.32. The first-order valence-electron chi connectivity index (χ1n) is 3.69. The Labute approximate surface area is 81.9 Å². The van der Waals surface area contributed by atoms with E-state index in [0.29, 0.717) is 6.07 Å². The highest BCUT2D eigenvalue weighted by Gasteiger charge is 2.32. The van der Waals surface area contributed by atoms with Gasteiger partial charge in [0, 0.05) is 17.8 Å². The van der Waals surface area contributed by atoms with E-state index in [-0.39, 0.29) is 12.0 Å². The van der Waals surface area contributed by atoms with Gasteiger partial charge in [0.2, 0.25) is 5.95 Å². The quantitative estimate of drug-likeness (QED) is 0.566. The Bertz CT molecular complexity index is 397. The molecule has 0 aliphatic carbocycles. The van der Waals surface area contributed by atoms with E-state index in [4.69, 9.17) is 5.26 Å². The number of nitrogens with zero attached hydrogens (tertiary/aromatic N) is 2. The largest absolute Gasteiger partial charge is 0.573 e. The normalized spacial score (nSPS) is 10.9. The number of ether oxygens (including phenoxy) is 1. The molecule has 0 aliphatic rings. The number of hydrogen-bond donors (Lipinski definition) is 0. The molecule has 0 saturated carbocycles. The van der Waals surface area contributed by atoms with Gasteiger partial charge in [0.15, 0.2) is 0 Å². The van der Waals surface area contributed by atoms with E-state index in [2.05, 4.69) is 9.72 Å². The lowest BCUT2D eigenvalue weighted by molar-refractivity contribution is -0.275. The van der Waals surface area contributed by atoms with Crippen LogP contribution in [0.4, 0.5) is 17.6 Å². The number of alkyl halides is 3. The molecule has 0 saturated heterocycles. The SMILES string of the molecule is N#CCc1cnc(F)cc1OC(F)(F)F. The second kappa shape index (κ2) is 4.13. The van der Waals surface area contributed by atoms with E-state index in [1.807, 2.05) is 0 Å². The summed E-state index contributed by atoms with van der Waals surface area (Å²) in [5.74, 6) is -1.84. The highest BCUT2D eigenvalue weighted by Crippen LogP contribution is 2.26. The van der Waals surface area contributed by atoms with Gasteiger partial charge in [0.25, 0.3) is 0 Å². The van der Waals surface area contributed by atoms with Gasteiger partial charge in [-0.2, -0.15) is 9.65 Å². The predicted molar refractivity (Wildman–Crippen MR) is 40.2 cm³/mol. The molecule has 0 spiro atoms. The van der Waals surface area contributed by atoms with Crippen LogP contribution in [0.15, 0.2) is 12.3 Å². The molecule has 15 heavy (non-hydrogen) atoms. The number of hydrogen-bond acceptors (Lipinski definition) is 3. The van der Waals surface area contributed by atoms with Crippen LogP contribution in [0.2, 0.25) is 0 Å². The molecule has 1 aromatic heterocycles. The minimum absolute atomic E-state index is 0.115. The number of pyridine rings is 1. The molecule has 0 aromatic carbocycles. The molecule has 7 heteroatoms. The van der Waals surface area contributed by atoms with Gasteiger partial charge in [0.05, 0.1) is 12.5 Å². The summed E-state index contributed by atoms with van der Waals surface area (Å²) in [6.45, 7) is 0. The van der Waals surface area contributed by atoms with Gasteiger partial charge in [-0.1, -0.05) is 0 Å². The maximum absolute atomic E-state index is 12.5. The summed E-state index contributed by atoms with van der Waals surface area (Å²) >= 11 is 0. The second-order valence-electron chi connectivity index (χ2n) is 2.50. The van der Waals surface area contributed by atoms with Crippen molar-refractivity contribution in [2.24, 2.45) is 0 Å². The van der Waals surface area contributed by atoms with Crippen molar-refractivity contribution in [3.63, 3.8) is 0 Å². The van der Waals surface area contributed by atoms with E-state index in [0.717, 1.165) is 6.20 Å². The molecule has 0 N–H and O–H groups in total. The van der Waals surface area contributed by atoms with E-state index in [9.17, 15) is 17.6 Å². The van der Waals surface area contributed by atoms with Crippen LogP contribution in [0.5, 0.6) is 5.75 Å². The van der Waals surface area contributed by atoms with Gasteiger partial charge in [-0.15, -0.1) is 13.2 Å². The van der Waals surface area contributed by atoms with Crippen LogP contribution in [0.25, 0.3) is 0 Å². The average molecular weight is 220 g/mol. The molecular formula is C8H4F4N2O. The highest BCUT2D eigenvalue weighted by atomic mass is 19.4. The van der Waals surface area contributed by atoms with E-state index in [1.165, 1.54) is 0 Å². The maximum Gasteiger partial charge on any atom is 0.573 e. The lowest BCUT2D eigenvalue weighted by atomic mass is 10.2. The second-order valence-corrected chi connectivity index (χ2v) is 2.50. The van der Waals surface area contributed by atoms with Crippen molar-refractivity contribution in [3.05, 3.63) is 23.8 Å². The Balaban J connectivity index is 3.03. The van der Waals surface area contributed by atoms with Gasteiger partial charge in [-0.05, 0) is 0 Å². The minimum Gasteiger partial charge on any atom is -0.405 e. The Morgan fingerprint density at radius 1 is 1.47 bits per heavy atom. The zero-order valence-electron chi connectivity index (χ0n) is 7.18. The fourth-order valence-electron chi connectivity index (χ4n) is 0.879. The molecule has 80 valence electrons. The van der Waals surface area contributed by atoms with Gasteiger partial charge < -0.3 is 4.74 Å². The zero-order valence-corrected chi connectivity index (χ0v) is 7.18. The lowest BCUT2D eigenvalue weighted by Crippen LogP contribution is -2.18. The van der Waals surface area contributed by atoms with Crippen LogP contribution in [-0.4, -0.2) is 11.3 Å². The van der Waals surface area contributed by atoms with Crippen LogP contribution >= 0.6 is 0 Å². The third-order valence-electron chi connectivity index (χ3n) is 1.41. The third kappa shape index (κ3) is 3.42. The summed E-state index contributed by atoms with van der Waals surface area (Å²) in [6.07, 6.45) is -4.42. The Kier molecular flexibility index (Phi) is 3.09. The molecule has 0 aliphatic heterocycles. The summed E-state index contributed by atoms with van der Waals surface area (Å²) in [6, 6.07) is 2.11. The molecule has 3 nitrogen and oxygen atoms in total. The average Bonchev–Trinajstić information content (AvgIpc) is 2.07. The van der Waals surface area contributed by atoms with Crippen molar-refractivity contribution >= 4 is 0 Å². The molecular weight excluding hydrogens is 216 g/mol. The minimum atomic E-state index is -4.92. The number of nitriles is 1. The summed E-state index contributed by atoms with van der Waals surface area (Å²) in [7, 11) is 0. The van der Waals surface area contributed by atoms with Crippen LogP contribution < -0.4 is 4.74 Å². The summed E-state index contributed by atoms with van der Waals surface area (Å²) in [4.78, 5) is 3.12. The molecule has 1 aromatic rings. The molecule has 1 heterocycles. The van der Waals surface area contributed by atoms with Crippen molar-refractivity contribution in [1.82, 2.24) is 4.98 Å². The number of rotatable bonds is 2. The molecule has 0 bridgehead atoms. The van der Waals surface area contributed by atoms with Crippen LogP contribution in [-0.2, 0) is 6.42 Å². The molecule has 0 unspecified atom stereocenters. The molecule has 0 atom stereocenters. The molecule has 0 amide bonds. The van der Waals surface area contributed by atoms with E-state index in [1.54, 1.807) is 6.07 Å². The van der Waals surface area contributed by atoms with Crippen LogP contribution in [0.1, 0.15) is 5.56 Å². The molecule has 0 radical (unpaired) electrons. The smallest absolute Gasteiger partial charge is 0.405 e. The van der Waals surface area contributed by atoms with E-state index < -0.39 is 18.1 Å². The fourth-order valence-corrected chi connectivity index (χ4v) is 0.879. The van der Waals surface area contributed by atoms with Gasteiger partial charge in [0.1, 0.15) is 5.75 Å².